The lowest BCUT2D eigenvalue weighted by Crippen LogP contribution is -2.40. The van der Waals surface area contributed by atoms with E-state index in [4.69, 9.17) is 4.74 Å². The average Bonchev–Trinajstić information content (AvgIpc) is 2.53. The number of methoxy groups -OCH3 is 1. The maximum atomic E-state index is 12.5. The number of benzene rings is 1. The Bertz CT molecular complexity index is 410. The molecule has 0 aliphatic carbocycles. The Morgan fingerprint density at radius 1 is 1.30 bits per heavy atom. The molecular formula is C17H25NO2. The monoisotopic (exact) mass is 275 g/mol. The highest BCUT2D eigenvalue weighted by Crippen LogP contribution is 2.24. The second kappa shape index (κ2) is 7.44. The van der Waals surface area contributed by atoms with E-state index in [2.05, 4.69) is 0 Å². The Labute approximate surface area is 121 Å². The molecule has 1 aliphatic rings. The molecule has 1 aromatic rings. The third-order valence-electron chi connectivity index (χ3n) is 4.33. The Balaban J connectivity index is 1.85. The zero-order valence-electron chi connectivity index (χ0n) is 12.5. The van der Waals surface area contributed by atoms with Crippen LogP contribution in [0.4, 0.5) is 0 Å². The fourth-order valence-electron chi connectivity index (χ4n) is 2.88. The van der Waals surface area contributed by atoms with Crippen LogP contribution in [0.3, 0.4) is 0 Å². The second-order valence-electron chi connectivity index (χ2n) is 5.68. The van der Waals surface area contributed by atoms with Gasteiger partial charge in [0.2, 0.25) is 5.91 Å². The molecule has 1 aliphatic heterocycles. The molecule has 0 saturated carbocycles. The molecule has 1 fully saturated rings. The maximum Gasteiger partial charge on any atom is 0.229 e. The number of likely N-dealkylation sites (tertiary alicyclic amines) is 1. The first kappa shape index (κ1) is 15.0. The zero-order chi connectivity index (χ0) is 14.4. The van der Waals surface area contributed by atoms with Gasteiger partial charge in [-0.15, -0.1) is 0 Å². The van der Waals surface area contributed by atoms with Gasteiger partial charge in [0, 0.05) is 26.8 Å². The second-order valence-corrected chi connectivity index (χ2v) is 5.68. The Morgan fingerprint density at radius 3 is 2.55 bits per heavy atom. The molecule has 0 N–H and O–H groups in total. The van der Waals surface area contributed by atoms with E-state index in [0.29, 0.717) is 5.92 Å². The van der Waals surface area contributed by atoms with Crippen LogP contribution in [-0.4, -0.2) is 37.6 Å². The summed E-state index contributed by atoms with van der Waals surface area (Å²) < 4.78 is 5.13. The standard InChI is InChI=1S/C17H25NO2/c1-14(16-6-4-3-5-7-16)17(19)18-11-8-15(9-12-18)10-13-20-2/h3-7,14-15H,8-13H2,1-2H3. The van der Waals surface area contributed by atoms with E-state index >= 15 is 0 Å². The Hall–Kier alpha value is -1.35. The molecule has 0 aromatic heterocycles. The molecule has 2 rings (SSSR count). The van der Waals surface area contributed by atoms with E-state index in [1.54, 1.807) is 7.11 Å². The van der Waals surface area contributed by atoms with Crippen molar-refractivity contribution in [1.82, 2.24) is 4.90 Å². The Morgan fingerprint density at radius 2 is 1.95 bits per heavy atom. The normalized spacial score (nSPS) is 18.0. The number of amides is 1. The number of ether oxygens (including phenoxy) is 1. The van der Waals surface area contributed by atoms with Crippen molar-refractivity contribution in [1.29, 1.82) is 0 Å². The lowest BCUT2D eigenvalue weighted by Gasteiger charge is -2.33. The van der Waals surface area contributed by atoms with E-state index in [0.717, 1.165) is 44.5 Å². The molecule has 0 radical (unpaired) electrons. The molecule has 3 nitrogen and oxygen atoms in total. The third-order valence-corrected chi connectivity index (χ3v) is 4.33. The van der Waals surface area contributed by atoms with Crippen molar-refractivity contribution >= 4 is 5.91 Å². The van der Waals surface area contributed by atoms with E-state index in [1.165, 1.54) is 0 Å². The number of piperidine rings is 1. The van der Waals surface area contributed by atoms with Crippen molar-refractivity contribution in [3.63, 3.8) is 0 Å². The van der Waals surface area contributed by atoms with Gasteiger partial charge in [-0.2, -0.15) is 0 Å². The van der Waals surface area contributed by atoms with Crippen LogP contribution in [-0.2, 0) is 9.53 Å². The van der Waals surface area contributed by atoms with Gasteiger partial charge in [0.05, 0.1) is 5.92 Å². The lowest BCUT2D eigenvalue weighted by molar-refractivity contribution is -0.133. The van der Waals surface area contributed by atoms with Gasteiger partial charge < -0.3 is 9.64 Å². The van der Waals surface area contributed by atoms with Crippen molar-refractivity contribution in [2.75, 3.05) is 26.8 Å². The van der Waals surface area contributed by atoms with Crippen molar-refractivity contribution in [3.8, 4) is 0 Å². The molecule has 1 unspecified atom stereocenters. The summed E-state index contributed by atoms with van der Waals surface area (Å²) in [5.41, 5.74) is 1.11. The van der Waals surface area contributed by atoms with Crippen LogP contribution < -0.4 is 0 Å². The summed E-state index contributed by atoms with van der Waals surface area (Å²) in [6.07, 6.45) is 3.33. The van der Waals surface area contributed by atoms with Crippen molar-refractivity contribution in [2.45, 2.75) is 32.1 Å². The van der Waals surface area contributed by atoms with Gasteiger partial charge >= 0.3 is 0 Å². The number of nitrogens with zero attached hydrogens (tertiary/aromatic N) is 1. The predicted octanol–water partition coefficient (Wildman–Crippen LogP) is 3.07. The molecule has 1 aromatic carbocycles. The summed E-state index contributed by atoms with van der Waals surface area (Å²) in [7, 11) is 1.75. The van der Waals surface area contributed by atoms with Crippen LogP contribution in [0.15, 0.2) is 30.3 Å². The highest BCUT2D eigenvalue weighted by Gasteiger charge is 2.26. The first-order valence-corrected chi connectivity index (χ1v) is 7.55. The first-order chi connectivity index (χ1) is 9.72. The fraction of sp³-hybridized carbons (Fsp3) is 0.588. The van der Waals surface area contributed by atoms with Gasteiger partial charge in [0.25, 0.3) is 0 Å². The average molecular weight is 275 g/mol. The van der Waals surface area contributed by atoms with Gasteiger partial charge in [0.1, 0.15) is 0 Å². The molecule has 20 heavy (non-hydrogen) atoms. The number of carbonyl (C=O) groups is 1. The molecule has 0 bridgehead atoms. The summed E-state index contributed by atoms with van der Waals surface area (Å²) in [6, 6.07) is 10.1. The van der Waals surface area contributed by atoms with E-state index in [-0.39, 0.29) is 11.8 Å². The largest absolute Gasteiger partial charge is 0.385 e. The summed E-state index contributed by atoms with van der Waals surface area (Å²) in [5, 5.41) is 0. The zero-order valence-corrected chi connectivity index (χ0v) is 12.5. The molecule has 3 heteroatoms. The van der Waals surface area contributed by atoms with Gasteiger partial charge in [-0.3, -0.25) is 4.79 Å². The fourth-order valence-corrected chi connectivity index (χ4v) is 2.88. The summed E-state index contributed by atoms with van der Waals surface area (Å²) in [4.78, 5) is 14.5. The van der Waals surface area contributed by atoms with Crippen LogP contribution in [0.25, 0.3) is 0 Å². The minimum Gasteiger partial charge on any atom is -0.385 e. The van der Waals surface area contributed by atoms with Crippen LogP contribution in [0.1, 0.15) is 37.7 Å². The topological polar surface area (TPSA) is 29.5 Å². The molecule has 1 heterocycles. The van der Waals surface area contributed by atoms with Gasteiger partial charge in [-0.05, 0) is 37.7 Å². The van der Waals surface area contributed by atoms with E-state index in [1.807, 2.05) is 42.2 Å². The van der Waals surface area contributed by atoms with Crippen LogP contribution >= 0.6 is 0 Å². The number of hydrogen-bond acceptors (Lipinski definition) is 2. The van der Waals surface area contributed by atoms with Crippen LogP contribution in [0.5, 0.6) is 0 Å². The van der Waals surface area contributed by atoms with Crippen molar-refractivity contribution in [3.05, 3.63) is 35.9 Å². The highest BCUT2D eigenvalue weighted by molar-refractivity contribution is 5.83. The van der Waals surface area contributed by atoms with E-state index in [9.17, 15) is 4.79 Å². The van der Waals surface area contributed by atoms with Crippen molar-refractivity contribution in [2.24, 2.45) is 5.92 Å². The minimum absolute atomic E-state index is 0.0354. The number of carbonyl (C=O) groups excluding carboxylic acids is 1. The molecule has 110 valence electrons. The molecule has 1 saturated heterocycles. The predicted molar refractivity (Wildman–Crippen MR) is 80.7 cm³/mol. The van der Waals surface area contributed by atoms with Gasteiger partial charge in [0.15, 0.2) is 0 Å². The SMILES string of the molecule is COCCC1CCN(C(=O)C(C)c2ccccc2)CC1. The summed E-state index contributed by atoms with van der Waals surface area (Å²) in [5.74, 6) is 0.944. The number of hydrogen-bond donors (Lipinski definition) is 0. The van der Waals surface area contributed by atoms with Crippen LogP contribution in [0.2, 0.25) is 0 Å². The smallest absolute Gasteiger partial charge is 0.229 e. The highest BCUT2D eigenvalue weighted by atomic mass is 16.5. The molecule has 1 atom stereocenters. The number of rotatable bonds is 5. The molecular weight excluding hydrogens is 250 g/mol. The van der Waals surface area contributed by atoms with Crippen molar-refractivity contribution < 1.29 is 9.53 Å². The van der Waals surface area contributed by atoms with Gasteiger partial charge in [-0.25, -0.2) is 0 Å². The third kappa shape index (κ3) is 3.83. The van der Waals surface area contributed by atoms with Gasteiger partial charge in [-0.1, -0.05) is 30.3 Å². The minimum atomic E-state index is -0.0354. The molecule has 0 spiro atoms. The van der Waals surface area contributed by atoms with Crippen LogP contribution in [0, 0.1) is 5.92 Å². The first-order valence-electron chi connectivity index (χ1n) is 7.55. The maximum absolute atomic E-state index is 12.5. The Kier molecular flexibility index (Phi) is 5.60. The summed E-state index contributed by atoms with van der Waals surface area (Å²) >= 11 is 0. The lowest BCUT2D eigenvalue weighted by atomic mass is 9.92. The quantitative estimate of drug-likeness (QED) is 0.826. The molecule has 1 amide bonds. The van der Waals surface area contributed by atoms with E-state index < -0.39 is 0 Å². The summed E-state index contributed by atoms with van der Waals surface area (Å²) in [6.45, 7) is 4.63.